The van der Waals surface area contributed by atoms with Crippen molar-refractivity contribution < 1.29 is 14.7 Å². The van der Waals surface area contributed by atoms with Crippen LogP contribution in [0, 0.1) is 0 Å². The average molecular weight is 259 g/mol. The molecule has 1 aromatic carbocycles. The Morgan fingerprint density at radius 2 is 1.63 bits per heavy atom. The molecular weight excluding hydrogens is 242 g/mol. The third kappa shape index (κ3) is 3.68. The molecule has 0 amide bonds. The van der Waals surface area contributed by atoms with E-state index >= 15 is 0 Å². The van der Waals surface area contributed by atoms with E-state index in [1.165, 1.54) is 19.3 Å². The fraction of sp³-hybridized carbons (Fsp3) is 0.333. The Morgan fingerprint density at radius 1 is 1.00 bits per heavy atom. The van der Waals surface area contributed by atoms with Crippen molar-refractivity contribution in [2.45, 2.75) is 19.3 Å². The molecular formula is C15H17NO3. The van der Waals surface area contributed by atoms with Gasteiger partial charge in [-0.3, -0.25) is 4.79 Å². The Labute approximate surface area is 112 Å². The lowest BCUT2D eigenvalue weighted by atomic mass is 10.1. The van der Waals surface area contributed by atoms with Gasteiger partial charge in [-0.2, -0.15) is 0 Å². The van der Waals surface area contributed by atoms with Crippen molar-refractivity contribution in [1.29, 1.82) is 0 Å². The number of ketones is 1. The van der Waals surface area contributed by atoms with Gasteiger partial charge in [-0.05, 0) is 49.6 Å². The summed E-state index contributed by atoms with van der Waals surface area (Å²) in [6.45, 7) is 2.12. The minimum Gasteiger partial charge on any atom is -0.478 e. The van der Waals surface area contributed by atoms with Crippen LogP contribution in [-0.4, -0.2) is 29.9 Å². The molecule has 4 nitrogen and oxygen atoms in total. The number of hydrogen-bond donors (Lipinski definition) is 1. The molecule has 1 heterocycles. The predicted octanol–water partition coefficient (Wildman–Crippen LogP) is 2.50. The van der Waals surface area contributed by atoms with Crippen LogP contribution < -0.4 is 4.90 Å². The summed E-state index contributed by atoms with van der Waals surface area (Å²) in [4.78, 5) is 24.3. The molecule has 0 aromatic heterocycles. The van der Waals surface area contributed by atoms with Gasteiger partial charge in [0, 0.05) is 30.4 Å². The summed E-state index contributed by atoms with van der Waals surface area (Å²) >= 11 is 0. The highest BCUT2D eigenvalue weighted by molar-refractivity contribution is 6.06. The summed E-state index contributed by atoms with van der Waals surface area (Å²) in [5.74, 6) is -1.40. The zero-order valence-corrected chi connectivity index (χ0v) is 10.7. The number of benzene rings is 1. The molecule has 0 unspecified atom stereocenters. The Bertz CT molecular complexity index is 485. The average Bonchev–Trinajstić information content (AvgIpc) is 2.46. The predicted molar refractivity (Wildman–Crippen MR) is 73.6 cm³/mol. The normalized spacial score (nSPS) is 15.7. The van der Waals surface area contributed by atoms with E-state index in [0.29, 0.717) is 5.56 Å². The third-order valence-corrected chi connectivity index (χ3v) is 3.25. The first kappa shape index (κ1) is 13.3. The lowest BCUT2D eigenvalue weighted by Gasteiger charge is -2.28. The van der Waals surface area contributed by atoms with Crippen molar-refractivity contribution in [3.63, 3.8) is 0 Å². The first-order valence-electron chi connectivity index (χ1n) is 6.47. The summed E-state index contributed by atoms with van der Waals surface area (Å²) in [7, 11) is 0. The largest absolute Gasteiger partial charge is 0.478 e. The summed E-state index contributed by atoms with van der Waals surface area (Å²) < 4.78 is 0. The first-order chi connectivity index (χ1) is 9.16. The van der Waals surface area contributed by atoms with Gasteiger partial charge in [0.2, 0.25) is 0 Å². The Hall–Kier alpha value is -2.10. The van der Waals surface area contributed by atoms with Gasteiger partial charge >= 0.3 is 5.97 Å². The number of piperidine rings is 1. The van der Waals surface area contributed by atoms with Crippen molar-refractivity contribution in [1.82, 2.24) is 0 Å². The first-order valence-corrected chi connectivity index (χ1v) is 6.47. The Morgan fingerprint density at radius 3 is 2.21 bits per heavy atom. The maximum atomic E-state index is 11.7. The van der Waals surface area contributed by atoms with E-state index in [1.54, 1.807) is 12.1 Å². The molecule has 1 aromatic rings. The lowest BCUT2D eigenvalue weighted by molar-refractivity contribution is -0.131. The van der Waals surface area contributed by atoms with Gasteiger partial charge in [0.15, 0.2) is 5.78 Å². The van der Waals surface area contributed by atoms with Crippen LogP contribution in [0.4, 0.5) is 5.69 Å². The number of rotatable bonds is 4. The number of carboxylic acid groups (broad SMARTS) is 1. The monoisotopic (exact) mass is 259 g/mol. The quantitative estimate of drug-likeness (QED) is 0.666. The molecule has 1 aliphatic rings. The molecule has 0 aliphatic carbocycles. The molecule has 0 saturated carbocycles. The summed E-state index contributed by atoms with van der Waals surface area (Å²) in [6.07, 6.45) is 5.65. The summed E-state index contributed by atoms with van der Waals surface area (Å²) in [5, 5.41) is 8.48. The van der Waals surface area contributed by atoms with Gasteiger partial charge in [-0.25, -0.2) is 4.79 Å². The molecule has 19 heavy (non-hydrogen) atoms. The van der Waals surface area contributed by atoms with Gasteiger partial charge in [-0.1, -0.05) is 0 Å². The minimum absolute atomic E-state index is 0.285. The number of anilines is 1. The van der Waals surface area contributed by atoms with Crippen LogP contribution in [0.15, 0.2) is 36.4 Å². The van der Waals surface area contributed by atoms with Crippen molar-refractivity contribution >= 4 is 17.4 Å². The van der Waals surface area contributed by atoms with Crippen LogP contribution in [0.2, 0.25) is 0 Å². The Kier molecular flexibility index (Phi) is 4.34. The van der Waals surface area contributed by atoms with Crippen LogP contribution in [-0.2, 0) is 4.79 Å². The molecule has 0 atom stereocenters. The van der Waals surface area contributed by atoms with E-state index < -0.39 is 5.97 Å². The molecule has 1 saturated heterocycles. The standard InChI is InChI=1S/C15H17NO3/c17-14(8-9-15(18)19)12-4-6-13(7-5-12)16-10-2-1-3-11-16/h4-9H,1-3,10-11H2,(H,18,19)/b9-8+. The molecule has 4 heteroatoms. The molecule has 1 N–H and O–H groups in total. The topological polar surface area (TPSA) is 57.6 Å². The van der Waals surface area contributed by atoms with E-state index in [2.05, 4.69) is 4.90 Å². The smallest absolute Gasteiger partial charge is 0.328 e. The van der Waals surface area contributed by atoms with Crippen LogP contribution in [0.25, 0.3) is 0 Å². The van der Waals surface area contributed by atoms with E-state index in [0.717, 1.165) is 30.9 Å². The number of carbonyl (C=O) groups is 2. The van der Waals surface area contributed by atoms with Crippen molar-refractivity contribution in [3.05, 3.63) is 42.0 Å². The maximum absolute atomic E-state index is 11.7. The lowest BCUT2D eigenvalue weighted by Crippen LogP contribution is -2.29. The highest BCUT2D eigenvalue weighted by Crippen LogP contribution is 2.20. The van der Waals surface area contributed by atoms with Crippen molar-refractivity contribution in [2.24, 2.45) is 0 Å². The number of aliphatic carboxylic acids is 1. The van der Waals surface area contributed by atoms with E-state index in [9.17, 15) is 9.59 Å². The zero-order valence-electron chi connectivity index (χ0n) is 10.7. The second-order valence-corrected chi connectivity index (χ2v) is 4.63. The van der Waals surface area contributed by atoms with Gasteiger partial charge in [0.25, 0.3) is 0 Å². The van der Waals surface area contributed by atoms with Crippen molar-refractivity contribution in [3.8, 4) is 0 Å². The molecule has 2 rings (SSSR count). The van der Waals surface area contributed by atoms with Crippen molar-refractivity contribution in [2.75, 3.05) is 18.0 Å². The molecule has 1 aliphatic heterocycles. The molecule has 100 valence electrons. The summed E-state index contributed by atoms with van der Waals surface area (Å²) in [6, 6.07) is 7.34. The molecule has 0 bridgehead atoms. The summed E-state index contributed by atoms with van der Waals surface area (Å²) in [5.41, 5.74) is 1.64. The fourth-order valence-corrected chi connectivity index (χ4v) is 2.23. The second-order valence-electron chi connectivity index (χ2n) is 4.63. The van der Waals surface area contributed by atoms with Gasteiger partial charge in [0.1, 0.15) is 0 Å². The second kappa shape index (κ2) is 6.18. The SMILES string of the molecule is O=C(O)/C=C/C(=O)c1ccc(N2CCCCC2)cc1. The highest BCUT2D eigenvalue weighted by Gasteiger charge is 2.11. The van der Waals surface area contributed by atoms with Gasteiger partial charge < -0.3 is 10.0 Å². The molecule has 1 fully saturated rings. The minimum atomic E-state index is -1.11. The van der Waals surface area contributed by atoms with Crippen LogP contribution in [0.5, 0.6) is 0 Å². The van der Waals surface area contributed by atoms with E-state index in [4.69, 9.17) is 5.11 Å². The number of nitrogens with zero attached hydrogens (tertiary/aromatic N) is 1. The van der Waals surface area contributed by atoms with Crippen LogP contribution in [0.1, 0.15) is 29.6 Å². The van der Waals surface area contributed by atoms with E-state index in [1.807, 2.05) is 12.1 Å². The van der Waals surface area contributed by atoms with Gasteiger partial charge in [0.05, 0.1) is 0 Å². The fourth-order valence-electron chi connectivity index (χ4n) is 2.23. The van der Waals surface area contributed by atoms with Gasteiger partial charge in [-0.15, -0.1) is 0 Å². The highest BCUT2D eigenvalue weighted by atomic mass is 16.4. The molecule has 0 radical (unpaired) electrons. The molecule has 0 spiro atoms. The van der Waals surface area contributed by atoms with Crippen LogP contribution in [0.3, 0.4) is 0 Å². The number of allylic oxidation sites excluding steroid dienone is 1. The number of hydrogen-bond acceptors (Lipinski definition) is 3. The van der Waals surface area contributed by atoms with E-state index in [-0.39, 0.29) is 5.78 Å². The van der Waals surface area contributed by atoms with Crippen LogP contribution >= 0.6 is 0 Å². The Balaban J connectivity index is 2.05. The third-order valence-electron chi connectivity index (χ3n) is 3.25. The number of carbonyl (C=O) groups excluding carboxylic acids is 1. The maximum Gasteiger partial charge on any atom is 0.328 e. The zero-order chi connectivity index (χ0) is 13.7. The number of carboxylic acids is 1.